The van der Waals surface area contributed by atoms with Gasteiger partial charge in [0.2, 0.25) is 5.95 Å². The lowest BCUT2D eigenvalue weighted by molar-refractivity contribution is 0.102. The third kappa shape index (κ3) is 4.69. The van der Waals surface area contributed by atoms with Gasteiger partial charge in [0.15, 0.2) is 5.82 Å². The minimum atomic E-state index is -0.194. The number of nitrogens with one attached hydrogen (secondary N) is 2. The molecule has 1 aromatic heterocycles. The highest BCUT2D eigenvalue weighted by molar-refractivity contribution is 6.05. The van der Waals surface area contributed by atoms with E-state index in [2.05, 4.69) is 20.6 Å². The van der Waals surface area contributed by atoms with Crippen LogP contribution in [0.25, 0.3) is 0 Å². The van der Waals surface area contributed by atoms with E-state index < -0.39 is 0 Å². The Bertz CT molecular complexity index is 1340. The van der Waals surface area contributed by atoms with Crippen LogP contribution in [0.3, 0.4) is 0 Å². The molecular weight excluding hydrogens is 482 g/mol. The van der Waals surface area contributed by atoms with E-state index in [1.54, 1.807) is 48.5 Å². The molecule has 0 spiro atoms. The fourth-order valence-electron chi connectivity index (χ4n) is 5.11. The summed E-state index contributed by atoms with van der Waals surface area (Å²) in [5.41, 5.74) is 3.43. The lowest BCUT2D eigenvalue weighted by Crippen LogP contribution is -2.59. The summed E-state index contributed by atoms with van der Waals surface area (Å²) in [6.07, 6.45) is 5.99. The SMILES string of the molecule is CCN1C(=O)N(C)c2cnc(Nc3cc(C)c(NC(=O)c4ccccc4)cc3OC)nc2N1C1CCCC1. The quantitative estimate of drug-likeness (QED) is 0.437. The summed E-state index contributed by atoms with van der Waals surface area (Å²) >= 11 is 0. The second-order valence-electron chi connectivity index (χ2n) is 9.56. The summed E-state index contributed by atoms with van der Waals surface area (Å²) in [7, 11) is 3.33. The Labute approximate surface area is 222 Å². The Hall–Kier alpha value is -4.34. The van der Waals surface area contributed by atoms with Gasteiger partial charge in [0.25, 0.3) is 5.91 Å². The molecule has 0 unspecified atom stereocenters. The van der Waals surface area contributed by atoms with Crippen molar-refractivity contribution >= 4 is 40.8 Å². The van der Waals surface area contributed by atoms with Crippen LogP contribution in [-0.4, -0.2) is 53.7 Å². The number of carbonyl (C=O) groups is 2. The van der Waals surface area contributed by atoms with Gasteiger partial charge in [-0.25, -0.2) is 14.8 Å². The van der Waals surface area contributed by atoms with Crippen molar-refractivity contribution < 1.29 is 14.3 Å². The molecular formula is C28H33N7O3. The average Bonchev–Trinajstić information content (AvgIpc) is 3.47. The van der Waals surface area contributed by atoms with Crippen molar-refractivity contribution in [1.82, 2.24) is 15.0 Å². The van der Waals surface area contributed by atoms with Gasteiger partial charge in [-0.15, -0.1) is 0 Å². The first-order valence-electron chi connectivity index (χ1n) is 12.9. The Morgan fingerprint density at radius 3 is 2.55 bits per heavy atom. The molecule has 3 aromatic rings. The van der Waals surface area contributed by atoms with Crippen molar-refractivity contribution in [2.75, 3.05) is 41.2 Å². The van der Waals surface area contributed by atoms with Gasteiger partial charge in [-0.3, -0.25) is 14.7 Å². The molecule has 2 heterocycles. The topological polar surface area (TPSA) is 103 Å². The maximum atomic E-state index is 13.1. The van der Waals surface area contributed by atoms with Crippen molar-refractivity contribution in [1.29, 1.82) is 0 Å². The summed E-state index contributed by atoms with van der Waals surface area (Å²) in [5.74, 6) is 1.45. The molecule has 2 aromatic carbocycles. The van der Waals surface area contributed by atoms with Crippen LogP contribution in [-0.2, 0) is 0 Å². The van der Waals surface area contributed by atoms with Gasteiger partial charge in [0, 0.05) is 30.9 Å². The number of rotatable bonds is 7. The third-order valence-electron chi connectivity index (χ3n) is 7.14. The zero-order valence-electron chi connectivity index (χ0n) is 22.2. The molecule has 10 heteroatoms. The predicted octanol–water partition coefficient (Wildman–Crippen LogP) is 5.35. The monoisotopic (exact) mass is 515 g/mol. The van der Waals surface area contributed by atoms with Gasteiger partial charge in [-0.05, 0) is 50.5 Å². The first-order chi connectivity index (χ1) is 18.4. The zero-order chi connectivity index (χ0) is 26.8. The number of amides is 3. The smallest absolute Gasteiger partial charge is 0.343 e. The van der Waals surface area contributed by atoms with Crippen LogP contribution in [0.1, 0.15) is 48.5 Å². The normalized spacial score (nSPS) is 15.5. The molecule has 5 rings (SSSR count). The number of anilines is 5. The van der Waals surface area contributed by atoms with Gasteiger partial charge in [-0.1, -0.05) is 31.0 Å². The number of aryl methyl sites for hydroxylation is 1. The molecule has 0 saturated heterocycles. The number of hydrazine groups is 1. The van der Waals surface area contributed by atoms with E-state index in [0.29, 0.717) is 46.7 Å². The fraction of sp³-hybridized carbons (Fsp3) is 0.357. The highest BCUT2D eigenvalue weighted by Crippen LogP contribution is 2.39. The molecule has 2 aliphatic rings. The maximum Gasteiger partial charge on any atom is 0.343 e. The van der Waals surface area contributed by atoms with E-state index in [4.69, 9.17) is 9.72 Å². The van der Waals surface area contributed by atoms with Gasteiger partial charge >= 0.3 is 6.03 Å². The van der Waals surface area contributed by atoms with E-state index in [-0.39, 0.29) is 18.0 Å². The molecule has 0 atom stereocenters. The molecule has 1 aliphatic carbocycles. The number of aromatic nitrogens is 2. The second kappa shape index (κ2) is 10.6. The summed E-state index contributed by atoms with van der Waals surface area (Å²) in [6.45, 7) is 4.44. The van der Waals surface area contributed by atoms with Gasteiger partial charge in [0.1, 0.15) is 11.4 Å². The number of carbonyl (C=O) groups excluding carboxylic acids is 2. The van der Waals surface area contributed by atoms with Gasteiger partial charge in [0.05, 0.1) is 25.0 Å². The molecule has 1 fully saturated rings. The first-order valence-corrected chi connectivity index (χ1v) is 12.9. The molecule has 198 valence electrons. The lowest BCUT2D eigenvalue weighted by Gasteiger charge is -2.45. The maximum absolute atomic E-state index is 13.1. The standard InChI is InChI=1S/C28H33N7O3/c1-5-34-28(37)33(3)23-17-29-27(32-25(23)35(34)20-13-9-10-14-20)31-22-15-18(2)21(16-24(22)38-4)30-26(36)19-11-7-6-8-12-19/h6-8,11-12,15-17,20H,5,9-10,13-14H2,1-4H3,(H,30,36)(H,29,31,32). The molecule has 10 nitrogen and oxygen atoms in total. The summed E-state index contributed by atoms with van der Waals surface area (Å²) < 4.78 is 5.64. The number of nitrogens with zero attached hydrogens (tertiary/aromatic N) is 5. The summed E-state index contributed by atoms with van der Waals surface area (Å²) in [6, 6.07) is 12.9. The van der Waals surface area contributed by atoms with Crippen LogP contribution in [0, 0.1) is 6.92 Å². The molecule has 38 heavy (non-hydrogen) atoms. The average molecular weight is 516 g/mol. The van der Waals surface area contributed by atoms with Gasteiger partial charge < -0.3 is 15.4 Å². The molecule has 1 saturated carbocycles. The minimum Gasteiger partial charge on any atom is -0.494 e. The van der Waals surface area contributed by atoms with Gasteiger partial charge in [-0.2, -0.15) is 4.98 Å². The van der Waals surface area contributed by atoms with Crippen molar-refractivity contribution in [3.8, 4) is 5.75 Å². The third-order valence-corrected chi connectivity index (χ3v) is 7.14. The number of benzene rings is 2. The Morgan fingerprint density at radius 2 is 1.87 bits per heavy atom. The predicted molar refractivity (Wildman–Crippen MR) is 148 cm³/mol. The summed E-state index contributed by atoms with van der Waals surface area (Å²) in [4.78, 5) is 36.8. The number of urea groups is 1. The minimum absolute atomic E-state index is 0.0818. The Balaban J connectivity index is 1.45. The van der Waals surface area contributed by atoms with E-state index in [0.717, 1.165) is 31.2 Å². The second-order valence-corrected chi connectivity index (χ2v) is 9.56. The highest BCUT2D eigenvalue weighted by atomic mass is 16.5. The van der Waals surface area contributed by atoms with E-state index >= 15 is 0 Å². The Morgan fingerprint density at radius 1 is 1.13 bits per heavy atom. The number of hydrogen-bond acceptors (Lipinski definition) is 7. The largest absolute Gasteiger partial charge is 0.494 e. The van der Waals surface area contributed by atoms with E-state index in [9.17, 15) is 9.59 Å². The number of fused-ring (bicyclic) bond motifs is 1. The Kier molecular flexibility index (Phi) is 7.04. The molecule has 2 N–H and O–H groups in total. The molecule has 0 radical (unpaired) electrons. The zero-order valence-corrected chi connectivity index (χ0v) is 22.2. The molecule has 1 aliphatic heterocycles. The van der Waals surface area contributed by atoms with Crippen LogP contribution in [0.15, 0.2) is 48.7 Å². The van der Waals surface area contributed by atoms with Crippen molar-refractivity contribution in [3.63, 3.8) is 0 Å². The van der Waals surface area contributed by atoms with Crippen molar-refractivity contribution in [2.24, 2.45) is 0 Å². The van der Waals surface area contributed by atoms with Crippen LogP contribution < -0.4 is 25.3 Å². The highest BCUT2D eigenvalue weighted by Gasteiger charge is 2.39. The van der Waals surface area contributed by atoms with Crippen LogP contribution in [0.5, 0.6) is 5.75 Å². The van der Waals surface area contributed by atoms with E-state index in [1.165, 1.54) is 0 Å². The summed E-state index contributed by atoms with van der Waals surface area (Å²) in [5, 5.41) is 10.1. The number of methoxy groups -OCH3 is 1. The van der Waals surface area contributed by atoms with Crippen molar-refractivity contribution in [3.05, 3.63) is 59.8 Å². The lowest BCUT2D eigenvalue weighted by atomic mass is 10.1. The number of hydrogen-bond donors (Lipinski definition) is 2. The first kappa shape index (κ1) is 25.3. The molecule has 3 amide bonds. The van der Waals surface area contributed by atoms with Crippen molar-refractivity contribution in [2.45, 2.75) is 45.6 Å². The molecule has 0 bridgehead atoms. The van der Waals surface area contributed by atoms with Crippen LogP contribution in [0.4, 0.5) is 33.6 Å². The fourth-order valence-corrected chi connectivity index (χ4v) is 5.11. The van der Waals surface area contributed by atoms with E-state index in [1.807, 2.05) is 38.1 Å². The van der Waals surface area contributed by atoms with Crippen LogP contribution in [0.2, 0.25) is 0 Å². The number of ether oxygens (including phenoxy) is 1. The van der Waals surface area contributed by atoms with Crippen LogP contribution >= 0.6 is 0 Å².